The lowest BCUT2D eigenvalue weighted by Crippen LogP contribution is -2.22. The van der Waals surface area contributed by atoms with Gasteiger partial charge < -0.3 is 5.32 Å². The van der Waals surface area contributed by atoms with Crippen molar-refractivity contribution in [2.45, 2.75) is 39.8 Å². The van der Waals surface area contributed by atoms with Crippen molar-refractivity contribution in [3.8, 4) is 0 Å². The van der Waals surface area contributed by atoms with Crippen molar-refractivity contribution < 1.29 is 4.39 Å². The predicted octanol–water partition coefficient (Wildman–Crippen LogP) is 3.09. The molecule has 0 spiro atoms. The number of halogens is 1. The van der Waals surface area contributed by atoms with Gasteiger partial charge in [-0.2, -0.15) is 0 Å². The van der Waals surface area contributed by atoms with Gasteiger partial charge in [-0.15, -0.1) is 5.10 Å². The number of aryl methyl sites for hydroxylation is 1. The molecule has 5 heteroatoms. The molecule has 0 saturated carbocycles. The van der Waals surface area contributed by atoms with E-state index in [9.17, 15) is 4.39 Å². The Labute approximate surface area is 112 Å². The van der Waals surface area contributed by atoms with Crippen LogP contribution in [-0.4, -0.2) is 15.0 Å². The smallest absolute Gasteiger partial charge is 0.126 e. The first-order chi connectivity index (χ1) is 8.86. The highest BCUT2D eigenvalue weighted by molar-refractivity contribution is 5.46. The summed E-state index contributed by atoms with van der Waals surface area (Å²) in [7, 11) is 0. The lowest BCUT2D eigenvalue weighted by Gasteiger charge is -2.17. The molecule has 0 atom stereocenters. The Hall–Kier alpha value is -1.91. The van der Waals surface area contributed by atoms with E-state index in [2.05, 4.69) is 36.4 Å². The van der Waals surface area contributed by atoms with Crippen molar-refractivity contribution in [2.24, 2.45) is 0 Å². The van der Waals surface area contributed by atoms with Gasteiger partial charge in [0.05, 0.1) is 18.3 Å². The molecular weight excluding hydrogens is 243 g/mol. The Morgan fingerprint density at radius 1 is 1.32 bits per heavy atom. The van der Waals surface area contributed by atoms with Crippen molar-refractivity contribution in [2.75, 3.05) is 5.32 Å². The number of benzene rings is 1. The third-order valence-corrected chi connectivity index (χ3v) is 2.86. The summed E-state index contributed by atoms with van der Waals surface area (Å²) >= 11 is 0. The first-order valence-corrected chi connectivity index (χ1v) is 6.28. The second-order valence-electron chi connectivity index (χ2n) is 5.64. The van der Waals surface area contributed by atoms with Gasteiger partial charge in [0.15, 0.2) is 0 Å². The Morgan fingerprint density at radius 2 is 2.05 bits per heavy atom. The SMILES string of the molecule is Cc1cc(NCc2cn(C(C)(C)C)nn2)ccc1F. The summed E-state index contributed by atoms with van der Waals surface area (Å²) in [5, 5.41) is 11.4. The van der Waals surface area contributed by atoms with Crippen LogP contribution in [0.1, 0.15) is 32.0 Å². The van der Waals surface area contributed by atoms with Gasteiger partial charge >= 0.3 is 0 Å². The fourth-order valence-corrected chi connectivity index (χ4v) is 1.65. The fraction of sp³-hybridized carbons (Fsp3) is 0.429. The molecule has 4 nitrogen and oxygen atoms in total. The molecule has 1 aromatic carbocycles. The number of aromatic nitrogens is 3. The molecule has 0 aliphatic carbocycles. The molecule has 1 heterocycles. The van der Waals surface area contributed by atoms with Crippen LogP contribution in [0.3, 0.4) is 0 Å². The molecule has 0 aliphatic rings. The van der Waals surface area contributed by atoms with E-state index in [1.165, 1.54) is 6.07 Å². The molecule has 0 amide bonds. The number of rotatable bonds is 3. The molecule has 2 rings (SSSR count). The van der Waals surface area contributed by atoms with E-state index in [1.54, 1.807) is 19.1 Å². The highest BCUT2D eigenvalue weighted by Gasteiger charge is 2.14. The van der Waals surface area contributed by atoms with E-state index in [-0.39, 0.29) is 11.4 Å². The van der Waals surface area contributed by atoms with Gasteiger partial charge in [0.2, 0.25) is 0 Å². The molecule has 0 fully saturated rings. The van der Waals surface area contributed by atoms with Gasteiger partial charge in [0.25, 0.3) is 0 Å². The largest absolute Gasteiger partial charge is 0.379 e. The molecule has 19 heavy (non-hydrogen) atoms. The van der Waals surface area contributed by atoms with E-state index in [1.807, 2.05) is 10.9 Å². The van der Waals surface area contributed by atoms with Gasteiger partial charge in [-0.1, -0.05) is 5.21 Å². The topological polar surface area (TPSA) is 42.7 Å². The maximum atomic E-state index is 13.1. The number of nitrogens with one attached hydrogen (secondary N) is 1. The molecular formula is C14H19FN4. The van der Waals surface area contributed by atoms with Gasteiger partial charge in [0.1, 0.15) is 11.5 Å². The van der Waals surface area contributed by atoms with Gasteiger partial charge in [-0.3, -0.25) is 0 Å². The quantitative estimate of drug-likeness (QED) is 0.924. The third kappa shape index (κ3) is 3.30. The van der Waals surface area contributed by atoms with Crippen LogP contribution in [0.4, 0.5) is 10.1 Å². The third-order valence-electron chi connectivity index (χ3n) is 2.86. The van der Waals surface area contributed by atoms with E-state index >= 15 is 0 Å². The Balaban J connectivity index is 2.02. The van der Waals surface area contributed by atoms with Crippen LogP contribution in [-0.2, 0) is 12.1 Å². The Morgan fingerprint density at radius 3 is 2.63 bits per heavy atom. The Kier molecular flexibility index (Phi) is 3.55. The van der Waals surface area contributed by atoms with Crippen LogP contribution in [0.2, 0.25) is 0 Å². The number of anilines is 1. The summed E-state index contributed by atoms with van der Waals surface area (Å²) in [5.74, 6) is -0.191. The minimum absolute atomic E-state index is 0.0717. The van der Waals surface area contributed by atoms with Crippen molar-refractivity contribution in [3.05, 3.63) is 41.5 Å². The van der Waals surface area contributed by atoms with E-state index in [4.69, 9.17) is 0 Å². The zero-order valence-corrected chi connectivity index (χ0v) is 11.7. The molecule has 1 aromatic heterocycles. The first-order valence-electron chi connectivity index (χ1n) is 6.28. The molecule has 0 radical (unpaired) electrons. The summed E-state index contributed by atoms with van der Waals surface area (Å²) in [4.78, 5) is 0. The zero-order chi connectivity index (χ0) is 14.0. The molecule has 0 unspecified atom stereocenters. The maximum Gasteiger partial charge on any atom is 0.126 e. The Bertz CT molecular complexity index is 569. The number of hydrogen-bond donors (Lipinski definition) is 1. The summed E-state index contributed by atoms with van der Waals surface area (Å²) < 4.78 is 15.0. The number of hydrogen-bond acceptors (Lipinski definition) is 3. The lowest BCUT2D eigenvalue weighted by molar-refractivity contribution is 0.347. The van der Waals surface area contributed by atoms with E-state index in [0.717, 1.165) is 11.4 Å². The molecule has 0 bridgehead atoms. The minimum atomic E-state index is -0.191. The molecule has 2 aromatic rings. The minimum Gasteiger partial charge on any atom is -0.379 e. The van der Waals surface area contributed by atoms with E-state index in [0.29, 0.717) is 12.1 Å². The van der Waals surface area contributed by atoms with E-state index < -0.39 is 0 Å². The lowest BCUT2D eigenvalue weighted by atomic mass is 10.1. The van der Waals surface area contributed by atoms with Crippen molar-refractivity contribution in [1.29, 1.82) is 0 Å². The van der Waals surface area contributed by atoms with Crippen LogP contribution < -0.4 is 5.32 Å². The number of nitrogens with zero attached hydrogens (tertiary/aromatic N) is 3. The fourth-order valence-electron chi connectivity index (χ4n) is 1.65. The maximum absolute atomic E-state index is 13.1. The highest BCUT2D eigenvalue weighted by atomic mass is 19.1. The van der Waals surface area contributed by atoms with Gasteiger partial charge in [-0.05, 0) is 51.5 Å². The van der Waals surface area contributed by atoms with Gasteiger partial charge in [-0.25, -0.2) is 9.07 Å². The van der Waals surface area contributed by atoms with Crippen molar-refractivity contribution in [1.82, 2.24) is 15.0 Å². The summed E-state index contributed by atoms with van der Waals surface area (Å²) in [6.45, 7) is 8.53. The van der Waals surface area contributed by atoms with Gasteiger partial charge in [0, 0.05) is 5.69 Å². The molecule has 1 N–H and O–H groups in total. The van der Waals surface area contributed by atoms with Crippen LogP contribution in [0.5, 0.6) is 0 Å². The van der Waals surface area contributed by atoms with Crippen LogP contribution in [0.25, 0.3) is 0 Å². The predicted molar refractivity (Wildman–Crippen MR) is 73.5 cm³/mol. The summed E-state index contributed by atoms with van der Waals surface area (Å²) in [5.41, 5.74) is 2.29. The zero-order valence-electron chi connectivity index (χ0n) is 11.7. The molecule has 0 aliphatic heterocycles. The summed E-state index contributed by atoms with van der Waals surface area (Å²) in [6, 6.07) is 4.96. The van der Waals surface area contributed by atoms with Crippen molar-refractivity contribution >= 4 is 5.69 Å². The first kappa shape index (κ1) is 13.5. The molecule has 102 valence electrons. The highest BCUT2D eigenvalue weighted by Crippen LogP contribution is 2.15. The van der Waals surface area contributed by atoms with Crippen LogP contribution >= 0.6 is 0 Å². The average molecular weight is 262 g/mol. The normalized spacial score (nSPS) is 11.6. The molecule has 0 saturated heterocycles. The van der Waals surface area contributed by atoms with Crippen LogP contribution in [0, 0.1) is 12.7 Å². The summed E-state index contributed by atoms with van der Waals surface area (Å²) in [6.07, 6.45) is 1.92. The monoisotopic (exact) mass is 262 g/mol. The second-order valence-corrected chi connectivity index (χ2v) is 5.64. The van der Waals surface area contributed by atoms with Crippen LogP contribution in [0.15, 0.2) is 24.4 Å². The average Bonchev–Trinajstić information content (AvgIpc) is 2.79. The second kappa shape index (κ2) is 4.99. The van der Waals surface area contributed by atoms with Crippen molar-refractivity contribution in [3.63, 3.8) is 0 Å². The standard InChI is InChI=1S/C14H19FN4/c1-10-7-11(5-6-13(10)15)16-8-12-9-19(18-17-12)14(2,3)4/h5-7,9,16H,8H2,1-4H3.